The average Bonchev–Trinajstić information content (AvgIpc) is 2.67. The summed E-state index contributed by atoms with van der Waals surface area (Å²) in [6.07, 6.45) is 9.02. The van der Waals surface area contributed by atoms with E-state index in [9.17, 15) is 9.59 Å². The van der Waals surface area contributed by atoms with Crippen LogP contribution < -0.4 is 0 Å². The molecule has 1 aliphatic rings. The predicted octanol–water partition coefficient (Wildman–Crippen LogP) is 5.23. The number of unbranched alkanes of at least 4 members (excludes halogenated alkanes) is 2. The molecule has 1 aliphatic carbocycles. The van der Waals surface area contributed by atoms with Crippen LogP contribution in [0.15, 0.2) is 24.3 Å². The summed E-state index contributed by atoms with van der Waals surface area (Å²) in [5, 5.41) is 0. The molecule has 0 aliphatic heterocycles. The number of hydrogen-bond acceptors (Lipinski definition) is 4. The number of ether oxygens (including phenoxy) is 2. The normalized spacial score (nSPS) is 16.1. The van der Waals surface area contributed by atoms with Gasteiger partial charge < -0.3 is 9.47 Å². The van der Waals surface area contributed by atoms with E-state index in [2.05, 4.69) is 13.8 Å². The number of hydrogen-bond donors (Lipinski definition) is 0. The molecule has 2 rings (SSSR count). The van der Waals surface area contributed by atoms with Crippen LogP contribution >= 0.6 is 0 Å². The van der Waals surface area contributed by atoms with E-state index in [0.717, 1.165) is 51.4 Å². The van der Waals surface area contributed by atoms with Crippen LogP contribution in [0, 0.1) is 0 Å². The molecule has 0 N–H and O–H groups in total. The molecule has 0 spiro atoms. The van der Waals surface area contributed by atoms with Crippen LogP contribution in [0.4, 0.5) is 0 Å². The first kappa shape index (κ1) is 20.5. The summed E-state index contributed by atoms with van der Waals surface area (Å²) < 4.78 is 11.2. The highest BCUT2D eigenvalue weighted by molar-refractivity contribution is 5.92. The molecule has 144 valence electrons. The molecule has 4 heteroatoms. The molecule has 1 fully saturated rings. The van der Waals surface area contributed by atoms with Gasteiger partial charge in [-0.15, -0.1) is 0 Å². The van der Waals surface area contributed by atoms with Gasteiger partial charge in [0.1, 0.15) is 0 Å². The molecule has 0 aromatic heterocycles. The highest BCUT2D eigenvalue weighted by Gasteiger charge is 2.45. The maximum Gasteiger partial charge on any atom is 0.350 e. The summed E-state index contributed by atoms with van der Waals surface area (Å²) >= 11 is 0. The van der Waals surface area contributed by atoms with Crippen molar-refractivity contribution in [3.8, 4) is 0 Å². The number of carbonyl (C=O) groups is 2. The fourth-order valence-corrected chi connectivity index (χ4v) is 3.34. The van der Waals surface area contributed by atoms with Crippen molar-refractivity contribution < 1.29 is 19.1 Å². The zero-order valence-corrected chi connectivity index (χ0v) is 16.2. The Morgan fingerprint density at radius 2 is 1.62 bits per heavy atom. The van der Waals surface area contributed by atoms with Crippen LogP contribution in [-0.4, -0.2) is 24.1 Å². The van der Waals surface area contributed by atoms with Crippen LogP contribution in [0.5, 0.6) is 0 Å². The molecule has 0 unspecified atom stereocenters. The van der Waals surface area contributed by atoms with Crippen LogP contribution in [0.25, 0.3) is 0 Å². The van der Waals surface area contributed by atoms with Crippen molar-refractivity contribution in [1.29, 1.82) is 0 Å². The summed E-state index contributed by atoms with van der Waals surface area (Å²) in [4.78, 5) is 25.3. The summed E-state index contributed by atoms with van der Waals surface area (Å²) in [5.74, 6) is -0.806. The fraction of sp³-hybridized carbons (Fsp3) is 0.636. The molecular formula is C22H32O4. The first-order valence-corrected chi connectivity index (χ1v) is 10.1. The predicted molar refractivity (Wildman–Crippen MR) is 102 cm³/mol. The maximum atomic E-state index is 12.6. The van der Waals surface area contributed by atoms with Gasteiger partial charge in [0, 0.05) is 0 Å². The Balaban J connectivity index is 2.04. The second-order valence-electron chi connectivity index (χ2n) is 7.23. The molecule has 1 aromatic carbocycles. The number of benzene rings is 1. The largest absolute Gasteiger partial charge is 0.463 e. The lowest BCUT2D eigenvalue weighted by Crippen LogP contribution is -2.46. The third-order valence-corrected chi connectivity index (χ3v) is 5.06. The molecule has 0 saturated heterocycles. The van der Waals surface area contributed by atoms with Crippen molar-refractivity contribution in [2.75, 3.05) is 6.61 Å². The summed E-state index contributed by atoms with van der Waals surface area (Å²) in [5.41, 5.74) is 0.607. The van der Waals surface area contributed by atoms with Crippen LogP contribution in [0.2, 0.25) is 0 Å². The van der Waals surface area contributed by atoms with E-state index in [1.807, 2.05) is 12.1 Å². The van der Waals surface area contributed by atoms with Gasteiger partial charge in [-0.1, -0.05) is 45.2 Å². The molecule has 0 bridgehead atoms. The SMILES string of the molecule is CCCCOC(=O)C1(OC(=O)c2ccc(CCCC)cc2)CCCCC1. The van der Waals surface area contributed by atoms with E-state index >= 15 is 0 Å². The van der Waals surface area contributed by atoms with Gasteiger partial charge in [-0.25, -0.2) is 9.59 Å². The first-order chi connectivity index (χ1) is 12.6. The summed E-state index contributed by atoms with van der Waals surface area (Å²) in [6, 6.07) is 7.54. The van der Waals surface area contributed by atoms with E-state index < -0.39 is 11.6 Å². The van der Waals surface area contributed by atoms with Crippen molar-refractivity contribution >= 4 is 11.9 Å². The fourth-order valence-electron chi connectivity index (χ4n) is 3.34. The van der Waals surface area contributed by atoms with E-state index in [1.165, 1.54) is 5.56 Å². The topological polar surface area (TPSA) is 52.6 Å². The number of rotatable bonds is 9. The van der Waals surface area contributed by atoms with Crippen LogP contribution in [0.1, 0.15) is 87.6 Å². The first-order valence-electron chi connectivity index (χ1n) is 10.1. The smallest absolute Gasteiger partial charge is 0.350 e. The third kappa shape index (κ3) is 5.58. The Kier molecular flexibility index (Phi) is 8.14. The highest BCUT2D eigenvalue weighted by Crippen LogP contribution is 2.34. The third-order valence-electron chi connectivity index (χ3n) is 5.06. The highest BCUT2D eigenvalue weighted by atomic mass is 16.6. The Morgan fingerprint density at radius 3 is 2.23 bits per heavy atom. The van der Waals surface area contributed by atoms with Crippen LogP contribution in [-0.2, 0) is 20.7 Å². The van der Waals surface area contributed by atoms with Crippen molar-refractivity contribution in [3.05, 3.63) is 35.4 Å². The molecule has 0 amide bonds. The Labute approximate surface area is 157 Å². The summed E-state index contributed by atoms with van der Waals surface area (Å²) in [7, 11) is 0. The second kappa shape index (κ2) is 10.3. The monoisotopic (exact) mass is 360 g/mol. The van der Waals surface area contributed by atoms with E-state index in [1.54, 1.807) is 12.1 Å². The molecule has 1 saturated carbocycles. The van der Waals surface area contributed by atoms with Gasteiger partial charge in [0.2, 0.25) is 5.60 Å². The average molecular weight is 360 g/mol. The van der Waals surface area contributed by atoms with Crippen molar-refractivity contribution in [2.24, 2.45) is 0 Å². The number of carbonyl (C=O) groups excluding carboxylic acids is 2. The van der Waals surface area contributed by atoms with Gasteiger partial charge in [-0.2, -0.15) is 0 Å². The zero-order valence-electron chi connectivity index (χ0n) is 16.2. The molecule has 0 radical (unpaired) electrons. The van der Waals surface area contributed by atoms with E-state index in [-0.39, 0.29) is 5.97 Å². The number of aryl methyl sites for hydroxylation is 1. The Bertz CT molecular complexity index is 570. The zero-order chi connectivity index (χ0) is 18.8. The van der Waals surface area contributed by atoms with Gasteiger partial charge in [0.15, 0.2) is 0 Å². The van der Waals surface area contributed by atoms with Gasteiger partial charge in [0.05, 0.1) is 12.2 Å². The minimum absolute atomic E-state index is 0.376. The van der Waals surface area contributed by atoms with E-state index in [0.29, 0.717) is 25.0 Å². The van der Waals surface area contributed by atoms with Crippen molar-refractivity contribution in [1.82, 2.24) is 0 Å². The van der Waals surface area contributed by atoms with Gasteiger partial charge in [0.25, 0.3) is 0 Å². The van der Waals surface area contributed by atoms with Crippen molar-refractivity contribution in [3.63, 3.8) is 0 Å². The van der Waals surface area contributed by atoms with Gasteiger partial charge >= 0.3 is 11.9 Å². The standard InChI is InChI=1S/C22H32O4/c1-3-5-10-18-11-13-19(14-12-18)20(23)26-22(15-8-7-9-16-22)21(24)25-17-6-4-2/h11-14H,3-10,15-17H2,1-2H3. The second-order valence-corrected chi connectivity index (χ2v) is 7.23. The molecule has 26 heavy (non-hydrogen) atoms. The molecule has 4 nitrogen and oxygen atoms in total. The lowest BCUT2D eigenvalue weighted by atomic mass is 9.84. The Hall–Kier alpha value is -1.84. The molecule has 0 atom stereocenters. The van der Waals surface area contributed by atoms with Crippen LogP contribution in [0.3, 0.4) is 0 Å². The van der Waals surface area contributed by atoms with Gasteiger partial charge in [-0.3, -0.25) is 0 Å². The van der Waals surface area contributed by atoms with E-state index in [4.69, 9.17) is 9.47 Å². The summed E-state index contributed by atoms with van der Waals surface area (Å²) in [6.45, 7) is 4.60. The number of esters is 2. The molecular weight excluding hydrogens is 328 g/mol. The Morgan fingerprint density at radius 1 is 0.962 bits per heavy atom. The lowest BCUT2D eigenvalue weighted by molar-refractivity contribution is -0.169. The minimum atomic E-state index is -1.11. The molecule has 1 aromatic rings. The minimum Gasteiger partial charge on any atom is -0.463 e. The lowest BCUT2D eigenvalue weighted by Gasteiger charge is -2.34. The molecule has 0 heterocycles. The van der Waals surface area contributed by atoms with Gasteiger partial charge in [-0.05, 0) is 62.6 Å². The quantitative estimate of drug-likeness (QED) is 0.447. The van der Waals surface area contributed by atoms with Crippen molar-refractivity contribution in [2.45, 2.75) is 83.7 Å². The maximum absolute atomic E-state index is 12.6.